The fraction of sp³-hybridized carbons (Fsp3) is 0.607. The van der Waals surface area contributed by atoms with Crippen molar-refractivity contribution < 1.29 is 38.1 Å². The number of aromatic nitrogens is 4. The third-order valence-corrected chi connectivity index (χ3v) is 12.5. The van der Waals surface area contributed by atoms with Crippen LogP contribution in [-0.2, 0) is 0 Å². The zero-order valence-electron chi connectivity index (χ0n) is 22.6. The average molecular weight is 597 g/mol. The number of hydrogen-bond acceptors (Lipinski definition) is 8. The summed E-state index contributed by atoms with van der Waals surface area (Å²) in [5.41, 5.74) is 0.409. The Kier molecular flexibility index (Phi) is 7.68. The molecule has 4 N–H and O–H groups in total. The lowest BCUT2D eigenvalue weighted by Crippen LogP contribution is -2.53. The van der Waals surface area contributed by atoms with Crippen molar-refractivity contribution in [2.45, 2.75) is 92.1 Å². The summed E-state index contributed by atoms with van der Waals surface area (Å²) in [5.74, 6) is -3.17. The Labute approximate surface area is 237 Å². The van der Waals surface area contributed by atoms with Gasteiger partial charge in [-0.25, -0.2) is 28.7 Å². The van der Waals surface area contributed by atoms with Crippen LogP contribution >= 0.6 is 10.9 Å². The topological polar surface area (TPSA) is 138 Å². The highest BCUT2D eigenvalue weighted by atomic mass is 32.2. The molecule has 1 saturated heterocycles. The second kappa shape index (κ2) is 11.0. The molecule has 2 aromatic heterocycles. The van der Waals surface area contributed by atoms with Crippen LogP contribution in [0.5, 0.6) is 0 Å². The lowest BCUT2D eigenvalue weighted by Gasteiger charge is -2.52. The molecular weight excluding hydrogens is 561 g/mol. The Hall–Kier alpha value is -2.45. The van der Waals surface area contributed by atoms with Crippen molar-refractivity contribution in [3.63, 3.8) is 0 Å². The first kappa shape index (κ1) is 28.7. The van der Waals surface area contributed by atoms with Gasteiger partial charge in [0, 0.05) is 33.3 Å². The van der Waals surface area contributed by atoms with Crippen LogP contribution in [0.2, 0.25) is 0 Å². The second-order valence-electron chi connectivity index (χ2n) is 11.7. The van der Waals surface area contributed by atoms with Gasteiger partial charge < -0.3 is 24.9 Å². The molecule has 3 heterocycles. The highest BCUT2D eigenvalue weighted by Crippen LogP contribution is 2.62. The van der Waals surface area contributed by atoms with Crippen molar-refractivity contribution in [3.8, 4) is 11.3 Å². The maximum absolute atomic E-state index is 13.8. The van der Waals surface area contributed by atoms with Crippen LogP contribution in [0.15, 0.2) is 22.9 Å². The van der Waals surface area contributed by atoms with E-state index in [-0.39, 0.29) is 29.5 Å². The molecule has 3 aliphatic rings. The van der Waals surface area contributed by atoms with Crippen LogP contribution in [-0.4, -0.2) is 76.0 Å². The second-order valence-corrected chi connectivity index (χ2v) is 14.3. The molecule has 0 radical (unpaired) electrons. The summed E-state index contributed by atoms with van der Waals surface area (Å²) in [7, 11) is -1.40. The molecule has 3 aromatic rings. The van der Waals surface area contributed by atoms with E-state index >= 15 is 0 Å². The van der Waals surface area contributed by atoms with Crippen LogP contribution in [0.4, 0.5) is 13.2 Å². The lowest BCUT2D eigenvalue weighted by molar-refractivity contribution is -0.00759. The monoisotopic (exact) mass is 596 g/mol. The molecule has 3 fully saturated rings. The Morgan fingerprint density at radius 1 is 1.12 bits per heavy atom. The summed E-state index contributed by atoms with van der Waals surface area (Å²) in [6.45, 7) is 1.46. The first-order chi connectivity index (χ1) is 19.6. The summed E-state index contributed by atoms with van der Waals surface area (Å²) in [6, 6.07) is 0.574. The Morgan fingerprint density at radius 3 is 2.44 bits per heavy atom. The summed E-state index contributed by atoms with van der Waals surface area (Å²) >= 11 is 0. The first-order valence-electron chi connectivity index (χ1n) is 14.1. The SMILES string of the molecule is Cc1noc(C2CC2)c1[C@@H]([SH]1C[C@H](O)[C@H](n2cc(-c3cc(F)c(F)c(F)c3)nn2)[C@@H](O)[C@H]1CO)C1(O)CCCCC1. The van der Waals surface area contributed by atoms with Gasteiger partial charge in [-0.05, 0) is 44.7 Å². The van der Waals surface area contributed by atoms with Crippen molar-refractivity contribution in [1.82, 2.24) is 20.2 Å². The lowest BCUT2D eigenvalue weighted by atomic mass is 9.79. The predicted octanol–water partition coefficient (Wildman–Crippen LogP) is 3.61. The first-order valence-corrected chi connectivity index (χ1v) is 15.8. The third kappa shape index (κ3) is 5.09. The molecule has 224 valence electrons. The molecule has 9 nitrogen and oxygen atoms in total. The van der Waals surface area contributed by atoms with E-state index in [0.29, 0.717) is 18.5 Å². The minimum atomic E-state index is -1.60. The number of aliphatic hydroxyl groups excluding tert-OH is 3. The van der Waals surface area contributed by atoms with Gasteiger partial charge in [0.2, 0.25) is 0 Å². The highest BCUT2D eigenvalue weighted by Gasteiger charge is 2.53. The Balaban J connectivity index is 1.35. The van der Waals surface area contributed by atoms with Crippen molar-refractivity contribution in [1.29, 1.82) is 0 Å². The fourth-order valence-corrected chi connectivity index (χ4v) is 10.6. The number of rotatable bonds is 7. The molecule has 6 atom stereocenters. The number of aryl methyl sites for hydroxylation is 1. The third-order valence-electron chi connectivity index (χ3n) is 8.96. The van der Waals surface area contributed by atoms with E-state index in [9.17, 15) is 33.6 Å². The normalized spacial score (nSPS) is 29.9. The van der Waals surface area contributed by atoms with Crippen LogP contribution in [0.25, 0.3) is 11.3 Å². The molecule has 1 unspecified atom stereocenters. The van der Waals surface area contributed by atoms with Gasteiger partial charge in [-0.3, -0.25) is 0 Å². The molecule has 2 aliphatic carbocycles. The van der Waals surface area contributed by atoms with Crippen LogP contribution < -0.4 is 0 Å². The molecule has 1 aromatic carbocycles. The zero-order valence-corrected chi connectivity index (χ0v) is 23.5. The molecule has 2 saturated carbocycles. The summed E-state index contributed by atoms with van der Waals surface area (Å²) in [6.07, 6.45) is 4.71. The number of thiol groups is 1. The maximum Gasteiger partial charge on any atom is 0.194 e. The van der Waals surface area contributed by atoms with Gasteiger partial charge in [0.05, 0.1) is 36.3 Å². The van der Waals surface area contributed by atoms with Crippen molar-refractivity contribution in [2.75, 3.05) is 12.4 Å². The summed E-state index contributed by atoms with van der Waals surface area (Å²) in [4.78, 5) is 0. The zero-order chi connectivity index (χ0) is 29.1. The van der Waals surface area contributed by atoms with E-state index in [0.717, 1.165) is 55.6 Å². The standard InChI is InChI=1S/C28H35F3N4O5S/c1-14-22(26(40-33-14)15-5-6-15)27(28(39)7-3-2-4-8-28)41-13-20(37)24(25(38)21(41)12-36)35-11-19(32-34-35)16-9-17(29)23(31)18(30)10-16/h9-11,15,20-21,24-25,27,36-39,41H,2-8,12-13H2,1H3/t20-,21+,24-,25-,27+/m0/s1. The number of aliphatic hydroxyl groups is 4. The van der Waals surface area contributed by atoms with E-state index in [1.807, 2.05) is 6.92 Å². The van der Waals surface area contributed by atoms with E-state index in [1.54, 1.807) is 0 Å². The molecule has 13 heteroatoms. The van der Waals surface area contributed by atoms with E-state index < -0.39 is 62.7 Å². The molecule has 0 spiro atoms. The van der Waals surface area contributed by atoms with Crippen molar-refractivity contribution in [3.05, 3.63) is 52.8 Å². The molecule has 0 bridgehead atoms. The van der Waals surface area contributed by atoms with Gasteiger partial charge in [-0.15, -0.1) is 5.10 Å². The van der Waals surface area contributed by atoms with Gasteiger partial charge in [0.1, 0.15) is 17.5 Å². The minimum Gasteiger partial charge on any atom is -0.395 e. The number of halogens is 3. The van der Waals surface area contributed by atoms with Gasteiger partial charge in [0.15, 0.2) is 17.5 Å². The van der Waals surface area contributed by atoms with Crippen molar-refractivity contribution in [2.24, 2.45) is 0 Å². The van der Waals surface area contributed by atoms with Crippen LogP contribution in [0.1, 0.15) is 79.2 Å². The largest absolute Gasteiger partial charge is 0.395 e. The molecule has 6 rings (SSSR count). The van der Waals surface area contributed by atoms with Gasteiger partial charge >= 0.3 is 0 Å². The van der Waals surface area contributed by atoms with E-state index in [2.05, 4.69) is 15.5 Å². The predicted molar refractivity (Wildman–Crippen MR) is 145 cm³/mol. The number of nitrogens with zero attached hydrogens (tertiary/aromatic N) is 4. The van der Waals surface area contributed by atoms with Crippen LogP contribution in [0.3, 0.4) is 0 Å². The highest BCUT2D eigenvalue weighted by molar-refractivity contribution is 8.18. The molecular formula is C28H35F3N4O5S. The average Bonchev–Trinajstić information content (AvgIpc) is 3.55. The van der Waals surface area contributed by atoms with E-state index in [1.165, 1.54) is 10.9 Å². The summed E-state index contributed by atoms with van der Waals surface area (Å²) in [5, 5.41) is 56.9. The number of benzene rings is 1. The quantitative estimate of drug-likeness (QED) is 0.206. The van der Waals surface area contributed by atoms with Gasteiger partial charge in [0.25, 0.3) is 0 Å². The van der Waals surface area contributed by atoms with Gasteiger partial charge in [-0.1, -0.05) is 29.6 Å². The fourth-order valence-electron chi connectivity index (χ4n) is 6.76. The molecule has 0 amide bonds. The molecule has 1 aliphatic heterocycles. The Bertz CT molecular complexity index is 1390. The summed E-state index contributed by atoms with van der Waals surface area (Å²) < 4.78 is 48.1. The van der Waals surface area contributed by atoms with Gasteiger partial charge in [-0.2, -0.15) is 0 Å². The smallest absolute Gasteiger partial charge is 0.194 e. The Morgan fingerprint density at radius 2 is 1.80 bits per heavy atom. The minimum absolute atomic E-state index is 0.0270. The van der Waals surface area contributed by atoms with Crippen LogP contribution in [0, 0.1) is 24.4 Å². The molecule has 41 heavy (non-hydrogen) atoms. The number of hydrogen-bond donors (Lipinski definition) is 5. The van der Waals surface area contributed by atoms with E-state index in [4.69, 9.17) is 4.52 Å². The maximum atomic E-state index is 13.8. The van der Waals surface area contributed by atoms with Crippen molar-refractivity contribution >= 4 is 10.9 Å².